The van der Waals surface area contributed by atoms with E-state index in [0.717, 1.165) is 10.9 Å². The molecule has 0 spiro atoms. The molecule has 23 heavy (non-hydrogen) atoms. The molecule has 1 aromatic heterocycles. The van der Waals surface area contributed by atoms with Gasteiger partial charge in [-0.15, -0.1) is 0 Å². The number of hydrogen-bond acceptors (Lipinski definition) is 3. The standard InChI is InChI=1S/C17H16ClNO3S/c1-11-4-3-5-15-13(10-20)9-19(17(11)15)23(21,22)14-6-7-16(18)12(2)8-14/h3-9,20H,10H2,1-2H3. The van der Waals surface area contributed by atoms with E-state index in [1.807, 2.05) is 25.1 Å². The lowest BCUT2D eigenvalue weighted by molar-refractivity contribution is 0.283. The van der Waals surface area contributed by atoms with E-state index in [0.29, 0.717) is 21.7 Å². The number of rotatable bonds is 3. The summed E-state index contributed by atoms with van der Waals surface area (Å²) in [6.45, 7) is 3.39. The van der Waals surface area contributed by atoms with Gasteiger partial charge >= 0.3 is 0 Å². The summed E-state index contributed by atoms with van der Waals surface area (Å²) in [5.41, 5.74) is 2.70. The number of para-hydroxylation sites is 1. The Hall–Kier alpha value is -1.82. The van der Waals surface area contributed by atoms with Gasteiger partial charge in [-0.3, -0.25) is 0 Å². The number of aliphatic hydroxyl groups excluding tert-OH is 1. The fourth-order valence-electron chi connectivity index (χ4n) is 2.69. The first kappa shape index (κ1) is 16.1. The number of aryl methyl sites for hydroxylation is 2. The smallest absolute Gasteiger partial charge is 0.268 e. The Morgan fingerprint density at radius 1 is 1.13 bits per heavy atom. The maximum Gasteiger partial charge on any atom is 0.268 e. The zero-order chi connectivity index (χ0) is 16.8. The van der Waals surface area contributed by atoms with Crippen LogP contribution in [0.4, 0.5) is 0 Å². The first-order valence-corrected chi connectivity index (χ1v) is 8.90. The average Bonchev–Trinajstić information content (AvgIpc) is 2.91. The fourth-order valence-corrected chi connectivity index (χ4v) is 4.35. The van der Waals surface area contributed by atoms with Crippen LogP contribution in [0.1, 0.15) is 16.7 Å². The summed E-state index contributed by atoms with van der Waals surface area (Å²) in [5.74, 6) is 0. The molecule has 1 heterocycles. The molecule has 0 aliphatic heterocycles. The highest BCUT2D eigenvalue weighted by atomic mass is 35.5. The molecule has 0 saturated heterocycles. The van der Waals surface area contributed by atoms with Crippen molar-refractivity contribution in [1.82, 2.24) is 3.97 Å². The minimum absolute atomic E-state index is 0.170. The number of nitrogens with zero attached hydrogens (tertiary/aromatic N) is 1. The van der Waals surface area contributed by atoms with E-state index in [1.165, 1.54) is 16.2 Å². The highest BCUT2D eigenvalue weighted by Crippen LogP contribution is 2.29. The number of fused-ring (bicyclic) bond motifs is 1. The Labute approximate surface area is 140 Å². The second-order valence-corrected chi connectivity index (χ2v) is 7.72. The quantitative estimate of drug-likeness (QED) is 0.785. The summed E-state index contributed by atoms with van der Waals surface area (Å²) in [7, 11) is -3.77. The van der Waals surface area contributed by atoms with Crippen molar-refractivity contribution in [3.05, 3.63) is 64.3 Å². The first-order valence-electron chi connectivity index (χ1n) is 7.08. The predicted molar refractivity (Wildman–Crippen MR) is 91.4 cm³/mol. The second kappa shape index (κ2) is 5.67. The summed E-state index contributed by atoms with van der Waals surface area (Å²) in [4.78, 5) is 0.170. The van der Waals surface area contributed by atoms with Gasteiger partial charge in [-0.25, -0.2) is 12.4 Å². The van der Waals surface area contributed by atoms with Crippen LogP contribution in [0.3, 0.4) is 0 Å². The third-order valence-electron chi connectivity index (χ3n) is 3.93. The molecule has 0 atom stereocenters. The van der Waals surface area contributed by atoms with Gasteiger partial charge < -0.3 is 5.11 Å². The molecule has 0 aliphatic rings. The number of hydrogen-bond donors (Lipinski definition) is 1. The van der Waals surface area contributed by atoms with Crippen molar-refractivity contribution in [2.45, 2.75) is 25.3 Å². The van der Waals surface area contributed by atoms with Gasteiger partial charge in [0, 0.05) is 22.2 Å². The van der Waals surface area contributed by atoms with E-state index in [-0.39, 0.29) is 11.5 Å². The topological polar surface area (TPSA) is 59.3 Å². The maximum atomic E-state index is 13.0. The number of benzene rings is 2. The van der Waals surface area contributed by atoms with E-state index >= 15 is 0 Å². The number of aromatic nitrogens is 1. The Kier molecular flexibility index (Phi) is 3.96. The summed E-state index contributed by atoms with van der Waals surface area (Å²) >= 11 is 5.99. The molecule has 3 aromatic rings. The summed E-state index contributed by atoms with van der Waals surface area (Å²) in [5, 5.41) is 10.8. The normalized spacial score (nSPS) is 12.0. The molecule has 2 aromatic carbocycles. The SMILES string of the molecule is Cc1cc(S(=O)(=O)n2cc(CO)c3cccc(C)c32)ccc1Cl. The fraction of sp³-hybridized carbons (Fsp3) is 0.176. The Balaban J connectivity index is 2.32. The average molecular weight is 350 g/mol. The third kappa shape index (κ3) is 2.55. The molecule has 0 aliphatic carbocycles. The third-order valence-corrected chi connectivity index (χ3v) is 6.01. The molecule has 120 valence electrons. The summed E-state index contributed by atoms with van der Waals surface area (Å²) < 4.78 is 27.3. The van der Waals surface area contributed by atoms with Crippen LogP contribution < -0.4 is 0 Å². The van der Waals surface area contributed by atoms with E-state index in [4.69, 9.17) is 11.6 Å². The van der Waals surface area contributed by atoms with Crippen molar-refractivity contribution < 1.29 is 13.5 Å². The van der Waals surface area contributed by atoms with Gasteiger partial charge in [0.05, 0.1) is 17.0 Å². The molecule has 0 radical (unpaired) electrons. The Morgan fingerprint density at radius 3 is 2.52 bits per heavy atom. The molecule has 0 saturated carbocycles. The zero-order valence-electron chi connectivity index (χ0n) is 12.7. The predicted octanol–water partition coefficient (Wildman–Crippen LogP) is 3.64. The minimum atomic E-state index is -3.77. The van der Waals surface area contributed by atoms with Crippen molar-refractivity contribution in [2.75, 3.05) is 0 Å². The summed E-state index contributed by atoms with van der Waals surface area (Å²) in [6.07, 6.45) is 1.48. The molecule has 3 rings (SSSR count). The van der Waals surface area contributed by atoms with Crippen LogP contribution in [0.5, 0.6) is 0 Å². The molecular formula is C17H16ClNO3S. The van der Waals surface area contributed by atoms with Crippen molar-refractivity contribution in [1.29, 1.82) is 0 Å². The van der Waals surface area contributed by atoms with E-state index < -0.39 is 10.0 Å². The van der Waals surface area contributed by atoms with Crippen LogP contribution >= 0.6 is 11.6 Å². The van der Waals surface area contributed by atoms with Gasteiger partial charge in [-0.05, 0) is 43.2 Å². The van der Waals surface area contributed by atoms with E-state index in [9.17, 15) is 13.5 Å². The highest BCUT2D eigenvalue weighted by Gasteiger charge is 2.22. The van der Waals surface area contributed by atoms with Crippen LogP contribution in [0.15, 0.2) is 47.5 Å². The van der Waals surface area contributed by atoms with Gasteiger partial charge in [-0.2, -0.15) is 0 Å². The lowest BCUT2D eigenvalue weighted by atomic mass is 10.1. The van der Waals surface area contributed by atoms with Gasteiger partial charge in [0.1, 0.15) is 0 Å². The number of aliphatic hydroxyl groups is 1. The molecule has 6 heteroatoms. The largest absolute Gasteiger partial charge is 0.392 e. The molecule has 1 N–H and O–H groups in total. The van der Waals surface area contributed by atoms with Gasteiger partial charge in [-0.1, -0.05) is 29.8 Å². The molecular weight excluding hydrogens is 334 g/mol. The van der Waals surface area contributed by atoms with Crippen molar-refractivity contribution in [3.8, 4) is 0 Å². The Bertz CT molecular complexity index is 1010. The van der Waals surface area contributed by atoms with Crippen LogP contribution in [0.2, 0.25) is 5.02 Å². The van der Waals surface area contributed by atoms with Crippen molar-refractivity contribution in [3.63, 3.8) is 0 Å². The van der Waals surface area contributed by atoms with Crippen LogP contribution in [-0.4, -0.2) is 17.5 Å². The highest BCUT2D eigenvalue weighted by molar-refractivity contribution is 7.90. The van der Waals surface area contributed by atoms with Crippen molar-refractivity contribution >= 4 is 32.5 Å². The monoisotopic (exact) mass is 349 g/mol. The number of halogens is 1. The molecule has 4 nitrogen and oxygen atoms in total. The zero-order valence-corrected chi connectivity index (χ0v) is 14.3. The van der Waals surface area contributed by atoms with Gasteiger partial charge in [0.25, 0.3) is 10.0 Å². The van der Waals surface area contributed by atoms with Crippen LogP contribution in [0.25, 0.3) is 10.9 Å². The first-order chi connectivity index (χ1) is 10.9. The van der Waals surface area contributed by atoms with Gasteiger partial charge in [0.15, 0.2) is 0 Å². The van der Waals surface area contributed by atoms with E-state index in [2.05, 4.69) is 0 Å². The molecule has 0 bridgehead atoms. The Morgan fingerprint density at radius 2 is 1.87 bits per heavy atom. The van der Waals surface area contributed by atoms with E-state index in [1.54, 1.807) is 19.1 Å². The molecule has 0 amide bonds. The molecule has 0 unspecified atom stereocenters. The van der Waals surface area contributed by atoms with Crippen molar-refractivity contribution in [2.24, 2.45) is 0 Å². The minimum Gasteiger partial charge on any atom is -0.392 e. The van der Waals surface area contributed by atoms with Gasteiger partial charge in [0.2, 0.25) is 0 Å². The summed E-state index contributed by atoms with van der Waals surface area (Å²) in [6, 6.07) is 10.1. The molecule has 0 fully saturated rings. The lowest BCUT2D eigenvalue weighted by Gasteiger charge is -2.10. The lowest BCUT2D eigenvalue weighted by Crippen LogP contribution is -2.12. The second-order valence-electron chi connectivity index (χ2n) is 5.50. The van der Waals surface area contributed by atoms with Crippen LogP contribution in [-0.2, 0) is 16.6 Å². The maximum absolute atomic E-state index is 13.0. The van der Waals surface area contributed by atoms with Crippen LogP contribution in [0, 0.1) is 13.8 Å².